The molecule has 30 heavy (non-hydrogen) atoms. The third-order valence-electron chi connectivity index (χ3n) is 4.27. The number of aryl methyl sites for hydroxylation is 1. The number of sulfonamides is 1. The molecule has 0 unspecified atom stereocenters. The van der Waals surface area contributed by atoms with Crippen LogP contribution in [-0.2, 0) is 14.8 Å². The Labute approximate surface area is 176 Å². The van der Waals surface area contributed by atoms with Crippen LogP contribution in [0.2, 0.25) is 0 Å². The summed E-state index contributed by atoms with van der Waals surface area (Å²) in [5.74, 6) is 1.13. The fraction of sp³-hybridized carbons (Fsp3) is 0.300. The van der Waals surface area contributed by atoms with Gasteiger partial charge in [-0.05, 0) is 42.8 Å². The summed E-state index contributed by atoms with van der Waals surface area (Å²) < 4.78 is 41.9. The van der Waals surface area contributed by atoms with Crippen molar-refractivity contribution in [3.8, 4) is 17.2 Å². The van der Waals surface area contributed by atoms with Crippen LogP contribution in [-0.4, -0.2) is 59.8 Å². The average molecular weight is 436 g/mol. The Morgan fingerprint density at radius 1 is 1.07 bits per heavy atom. The van der Waals surface area contributed by atoms with Gasteiger partial charge in [-0.2, -0.15) is 9.41 Å². The molecule has 2 aromatic rings. The highest BCUT2D eigenvalue weighted by Gasteiger charge is 2.23. The third kappa shape index (κ3) is 5.49. The molecule has 0 aliphatic carbocycles. The molecule has 0 bridgehead atoms. The first-order valence-electron chi connectivity index (χ1n) is 8.87. The summed E-state index contributed by atoms with van der Waals surface area (Å²) in [5.41, 5.74) is 3.61. The maximum atomic E-state index is 12.7. The molecule has 0 atom stereocenters. The first-order valence-corrected chi connectivity index (χ1v) is 10.3. The van der Waals surface area contributed by atoms with Gasteiger partial charge < -0.3 is 14.2 Å². The first kappa shape index (κ1) is 23.2. The number of nitrogens with one attached hydrogen (secondary N) is 1. The zero-order valence-corrected chi connectivity index (χ0v) is 18.3. The smallest absolute Gasteiger partial charge is 0.255 e. The maximum absolute atomic E-state index is 12.7. The summed E-state index contributed by atoms with van der Waals surface area (Å²) >= 11 is 0. The Morgan fingerprint density at radius 2 is 1.77 bits per heavy atom. The minimum Gasteiger partial charge on any atom is -0.497 e. The van der Waals surface area contributed by atoms with E-state index >= 15 is 0 Å². The van der Waals surface area contributed by atoms with Gasteiger partial charge >= 0.3 is 0 Å². The topological polar surface area (TPSA) is 107 Å². The van der Waals surface area contributed by atoms with E-state index in [2.05, 4.69) is 10.5 Å². The van der Waals surface area contributed by atoms with Gasteiger partial charge in [0, 0.05) is 18.7 Å². The van der Waals surface area contributed by atoms with Crippen molar-refractivity contribution in [3.63, 3.8) is 0 Å². The fourth-order valence-corrected chi connectivity index (χ4v) is 3.83. The Bertz CT molecular complexity index is 1040. The van der Waals surface area contributed by atoms with Crippen LogP contribution < -0.4 is 19.6 Å². The van der Waals surface area contributed by atoms with Crippen LogP contribution in [0.1, 0.15) is 11.1 Å². The number of amides is 1. The van der Waals surface area contributed by atoms with E-state index in [0.717, 1.165) is 4.31 Å². The predicted octanol–water partition coefficient (Wildman–Crippen LogP) is 1.79. The molecule has 0 spiro atoms. The maximum Gasteiger partial charge on any atom is 0.255 e. The molecular formula is C20H25N3O6S. The lowest BCUT2D eigenvalue weighted by molar-refractivity contribution is -0.121. The zero-order valence-electron chi connectivity index (χ0n) is 17.5. The Kier molecular flexibility index (Phi) is 7.79. The second kappa shape index (κ2) is 10.1. The Balaban J connectivity index is 2.03. The summed E-state index contributed by atoms with van der Waals surface area (Å²) in [7, 11) is 2.03. The van der Waals surface area contributed by atoms with Crippen molar-refractivity contribution in [1.29, 1.82) is 0 Å². The molecule has 9 nitrogen and oxygen atoms in total. The standard InChI is InChI=1S/C20H25N3O6S/c1-14-10-17(8-9-18(14)28-4)30(25,26)23(2)13-20(24)22-21-12-15-6-7-16(27-3)11-19(15)29-5/h6-12H,13H2,1-5H3,(H,22,24)/b21-12+. The average Bonchev–Trinajstić information content (AvgIpc) is 2.73. The van der Waals surface area contributed by atoms with Crippen molar-refractivity contribution in [2.45, 2.75) is 11.8 Å². The van der Waals surface area contributed by atoms with Crippen LogP contribution >= 0.6 is 0 Å². The van der Waals surface area contributed by atoms with Gasteiger partial charge in [0.2, 0.25) is 10.0 Å². The SMILES string of the molecule is COc1ccc(/C=N/NC(=O)CN(C)S(=O)(=O)c2ccc(OC)c(C)c2)c(OC)c1. The molecular weight excluding hydrogens is 410 g/mol. The van der Waals surface area contributed by atoms with Gasteiger partial charge in [-0.25, -0.2) is 13.8 Å². The fourth-order valence-electron chi connectivity index (χ4n) is 2.61. The summed E-state index contributed by atoms with van der Waals surface area (Å²) in [6.07, 6.45) is 1.40. The predicted molar refractivity (Wildman–Crippen MR) is 113 cm³/mol. The van der Waals surface area contributed by atoms with Gasteiger partial charge in [-0.3, -0.25) is 4.79 Å². The van der Waals surface area contributed by atoms with Crippen molar-refractivity contribution in [1.82, 2.24) is 9.73 Å². The van der Waals surface area contributed by atoms with Crippen LogP contribution in [0.3, 0.4) is 0 Å². The van der Waals surface area contributed by atoms with Crippen LogP contribution in [0, 0.1) is 6.92 Å². The number of hydrazone groups is 1. The lowest BCUT2D eigenvalue weighted by Crippen LogP contribution is -2.36. The monoisotopic (exact) mass is 435 g/mol. The highest BCUT2D eigenvalue weighted by atomic mass is 32.2. The van der Waals surface area contributed by atoms with E-state index in [-0.39, 0.29) is 4.90 Å². The van der Waals surface area contributed by atoms with Crippen LogP contribution in [0.25, 0.3) is 0 Å². The normalized spacial score (nSPS) is 11.5. The minimum atomic E-state index is -3.85. The second-order valence-corrected chi connectivity index (χ2v) is 8.34. The Morgan fingerprint density at radius 3 is 2.37 bits per heavy atom. The Hall–Kier alpha value is -3.11. The van der Waals surface area contributed by atoms with Crippen molar-refractivity contribution < 1.29 is 27.4 Å². The largest absolute Gasteiger partial charge is 0.497 e. The molecule has 0 radical (unpaired) electrons. The molecule has 10 heteroatoms. The molecule has 0 heterocycles. The number of carbonyl (C=O) groups excluding carboxylic acids is 1. The molecule has 1 amide bonds. The van der Waals surface area contributed by atoms with E-state index in [1.165, 1.54) is 39.6 Å². The van der Waals surface area contributed by atoms with Gasteiger partial charge in [-0.1, -0.05) is 0 Å². The molecule has 0 aromatic heterocycles. The van der Waals surface area contributed by atoms with Gasteiger partial charge in [0.1, 0.15) is 17.2 Å². The molecule has 0 fully saturated rings. The van der Waals surface area contributed by atoms with Gasteiger partial charge in [0.25, 0.3) is 5.91 Å². The number of hydrogen-bond acceptors (Lipinski definition) is 7. The number of methoxy groups -OCH3 is 3. The number of likely N-dealkylation sites (N-methyl/N-ethyl adjacent to an activating group) is 1. The summed E-state index contributed by atoms with van der Waals surface area (Å²) in [5, 5.41) is 3.87. The van der Waals surface area contributed by atoms with Crippen molar-refractivity contribution in [3.05, 3.63) is 47.5 Å². The minimum absolute atomic E-state index is 0.0718. The molecule has 0 aliphatic heterocycles. The number of ether oxygens (including phenoxy) is 3. The van der Waals surface area contributed by atoms with Crippen molar-refractivity contribution in [2.75, 3.05) is 34.9 Å². The van der Waals surface area contributed by atoms with Crippen molar-refractivity contribution >= 4 is 22.1 Å². The van der Waals surface area contributed by atoms with Gasteiger partial charge in [-0.15, -0.1) is 0 Å². The van der Waals surface area contributed by atoms with Gasteiger partial charge in [0.15, 0.2) is 0 Å². The number of nitrogens with zero attached hydrogens (tertiary/aromatic N) is 2. The molecule has 1 N–H and O–H groups in total. The summed E-state index contributed by atoms with van der Waals surface area (Å²) in [6, 6.07) is 9.63. The van der Waals surface area contributed by atoms with Crippen molar-refractivity contribution in [2.24, 2.45) is 5.10 Å². The van der Waals surface area contributed by atoms with Crippen LogP contribution in [0.15, 0.2) is 46.4 Å². The second-order valence-electron chi connectivity index (χ2n) is 6.29. The number of rotatable bonds is 9. The third-order valence-corrected chi connectivity index (χ3v) is 6.07. The molecule has 162 valence electrons. The molecule has 2 aromatic carbocycles. The summed E-state index contributed by atoms with van der Waals surface area (Å²) in [6.45, 7) is 1.34. The molecule has 2 rings (SSSR count). The lowest BCUT2D eigenvalue weighted by atomic mass is 10.2. The molecule has 0 saturated carbocycles. The van der Waals surface area contributed by atoms with E-state index in [4.69, 9.17) is 14.2 Å². The number of carbonyl (C=O) groups is 1. The molecule has 0 aliphatic rings. The molecule has 0 saturated heterocycles. The lowest BCUT2D eigenvalue weighted by Gasteiger charge is -2.17. The van der Waals surface area contributed by atoms with Crippen LogP contribution in [0.5, 0.6) is 17.2 Å². The van der Waals surface area contributed by atoms with E-state index in [9.17, 15) is 13.2 Å². The number of benzene rings is 2. The van der Waals surface area contributed by atoms with E-state index in [1.54, 1.807) is 38.3 Å². The zero-order chi connectivity index (χ0) is 22.3. The van der Waals surface area contributed by atoms with E-state index in [0.29, 0.717) is 28.4 Å². The highest BCUT2D eigenvalue weighted by molar-refractivity contribution is 7.89. The van der Waals surface area contributed by atoms with E-state index < -0.39 is 22.5 Å². The van der Waals surface area contributed by atoms with Gasteiger partial charge in [0.05, 0.1) is 39.0 Å². The quantitative estimate of drug-likeness (QED) is 0.475. The summed E-state index contributed by atoms with van der Waals surface area (Å²) in [4.78, 5) is 12.2. The van der Waals surface area contributed by atoms with Crippen LogP contribution in [0.4, 0.5) is 0 Å². The van der Waals surface area contributed by atoms with E-state index in [1.807, 2.05) is 0 Å². The number of hydrogen-bond donors (Lipinski definition) is 1. The highest BCUT2D eigenvalue weighted by Crippen LogP contribution is 2.24. The first-order chi connectivity index (χ1) is 14.2.